The van der Waals surface area contributed by atoms with Crippen molar-refractivity contribution >= 4 is 52.8 Å². The Bertz CT molecular complexity index is 931. The van der Waals surface area contributed by atoms with Crippen molar-refractivity contribution in [3.05, 3.63) is 0 Å². The number of alkyl halides is 2. The molecule has 4 N–H and O–H groups in total. The Morgan fingerprint density at radius 2 is 1.70 bits per heavy atom. The molecule has 3 rings (SSSR count). The maximum atomic E-state index is 13.9. The van der Waals surface area contributed by atoms with Crippen LogP contribution in [0.2, 0.25) is 0 Å². The summed E-state index contributed by atoms with van der Waals surface area (Å²) in [7, 11) is 0. The van der Waals surface area contributed by atoms with E-state index in [4.69, 9.17) is 33.7 Å². The van der Waals surface area contributed by atoms with Crippen molar-refractivity contribution in [3.8, 4) is 0 Å². The van der Waals surface area contributed by atoms with Gasteiger partial charge in [-0.3, -0.25) is 19.2 Å². The summed E-state index contributed by atoms with van der Waals surface area (Å²) in [5.74, 6) is -4.09. The molecule has 5 atom stereocenters. The number of nitrogens with two attached hydrogens (primary N) is 1. The summed E-state index contributed by atoms with van der Waals surface area (Å²) in [6.07, 6.45) is 4.44. The van der Waals surface area contributed by atoms with Gasteiger partial charge in [-0.1, -0.05) is 32.6 Å². The summed E-state index contributed by atoms with van der Waals surface area (Å²) >= 11 is 12.9. The average Bonchev–Trinajstić information content (AvgIpc) is 3.14. The molecule has 3 fully saturated rings. The number of rotatable bonds is 9. The molecule has 1 heterocycles. The average molecular weight is 562 g/mol. The number of Topliss-reactive ketones (excluding diaryl/α,β-unsaturated/α-hetero) is 1. The minimum atomic E-state index is -1.19. The molecule has 2 aliphatic carbocycles. The van der Waals surface area contributed by atoms with Crippen LogP contribution in [0, 0.1) is 17.8 Å². The third-order valence-corrected chi connectivity index (χ3v) is 8.46. The van der Waals surface area contributed by atoms with Crippen LogP contribution in [0.25, 0.3) is 0 Å². The van der Waals surface area contributed by atoms with E-state index in [9.17, 15) is 24.0 Å². The highest BCUT2D eigenvalue weighted by atomic mass is 35.5. The Balaban J connectivity index is 1.85. The fourth-order valence-corrected chi connectivity index (χ4v) is 6.41. The number of nitrogens with zero attached hydrogens (tertiary/aromatic N) is 1. The second-order valence-electron chi connectivity index (χ2n) is 11.3. The molecule has 2 saturated carbocycles. The third-order valence-electron chi connectivity index (χ3n) is 7.40. The standard InChI is InChI=1S/C25H38Cl2N4O6/c1-5-9-15(19(32)20(28)33)29-21(34)18-16-14(25(16,26)27)12-31(18)22(35)17(13-10-7-6-8-11-13)30-23(36)37-24(2,3)4/h13-18H,5-12H2,1-4H3,(H2,28,33)(H,29,34)(H,30,36)/t14?,15?,16-,17-,18-/m0/s1. The van der Waals surface area contributed by atoms with E-state index in [1.54, 1.807) is 27.7 Å². The van der Waals surface area contributed by atoms with Gasteiger partial charge in [-0.05, 0) is 46.0 Å². The number of alkyl carbamates (subject to hydrolysis) is 1. The first-order valence-corrected chi connectivity index (χ1v) is 13.8. The second kappa shape index (κ2) is 11.4. The first-order chi connectivity index (χ1) is 17.2. The highest BCUT2D eigenvalue weighted by Crippen LogP contribution is 2.65. The van der Waals surface area contributed by atoms with Crippen molar-refractivity contribution in [3.63, 3.8) is 0 Å². The van der Waals surface area contributed by atoms with Crippen LogP contribution >= 0.6 is 23.2 Å². The summed E-state index contributed by atoms with van der Waals surface area (Å²) in [6, 6.07) is -3.06. The second-order valence-corrected chi connectivity index (χ2v) is 12.8. The topological polar surface area (TPSA) is 148 Å². The Morgan fingerprint density at radius 3 is 2.24 bits per heavy atom. The van der Waals surface area contributed by atoms with Crippen LogP contribution in [-0.2, 0) is 23.9 Å². The Hall–Kier alpha value is -2.07. The van der Waals surface area contributed by atoms with Crippen molar-refractivity contribution in [2.24, 2.45) is 23.5 Å². The predicted molar refractivity (Wildman–Crippen MR) is 138 cm³/mol. The number of nitrogens with one attached hydrogen (secondary N) is 2. The number of primary amides is 1. The summed E-state index contributed by atoms with van der Waals surface area (Å²) in [5, 5.41) is 5.36. The van der Waals surface area contributed by atoms with Crippen LogP contribution < -0.4 is 16.4 Å². The molecule has 1 aliphatic heterocycles. The smallest absolute Gasteiger partial charge is 0.408 e. The van der Waals surface area contributed by atoms with E-state index in [0.29, 0.717) is 6.42 Å². The number of halogens is 2. The molecule has 10 nitrogen and oxygen atoms in total. The van der Waals surface area contributed by atoms with Crippen molar-refractivity contribution in [1.82, 2.24) is 15.5 Å². The van der Waals surface area contributed by atoms with Crippen LogP contribution in [0.3, 0.4) is 0 Å². The van der Waals surface area contributed by atoms with Gasteiger partial charge in [0.2, 0.25) is 17.6 Å². The van der Waals surface area contributed by atoms with Gasteiger partial charge >= 0.3 is 6.09 Å². The van der Waals surface area contributed by atoms with Crippen LogP contribution in [0.4, 0.5) is 4.79 Å². The number of ketones is 1. The molecule has 208 valence electrons. The molecular formula is C25H38Cl2N4O6. The molecule has 0 bridgehead atoms. The van der Waals surface area contributed by atoms with E-state index in [1.165, 1.54) is 4.90 Å². The van der Waals surface area contributed by atoms with E-state index < -0.39 is 63.6 Å². The lowest BCUT2D eigenvalue weighted by Gasteiger charge is -2.36. The molecule has 37 heavy (non-hydrogen) atoms. The van der Waals surface area contributed by atoms with Crippen LogP contribution in [0.5, 0.6) is 0 Å². The van der Waals surface area contributed by atoms with E-state index >= 15 is 0 Å². The lowest BCUT2D eigenvalue weighted by molar-refractivity contribution is -0.144. The number of fused-ring (bicyclic) bond motifs is 1. The van der Waals surface area contributed by atoms with Gasteiger partial charge in [0.1, 0.15) is 22.0 Å². The molecule has 3 aliphatic rings. The largest absolute Gasteiger partial charge is 0.444 e. The number of hydrogen-bond acceptors (Lipinski definition) is 6. The number of carbonyl (C=O) groups is 5. The number of carbonyl (C=O) groups excluding carboxylic acids is 5. The highest BCUT2D eigenvalue weighted by Gasteiger charge is 2.74. The van der Waals surface area contributed by atoms with Gasteiger partial charge in [0.15, 0.2) is 0 Å². The fourth-order valence-electron chi connectivity index (χ4n) is 5.58. The van der Waals surface area contributed by atoms with Crippen molar-refractivity contribution in [2.75, 3.05) is 6.54 Å². The minimum absolute atomic E-state index is 0.115. The minimum Gasteiger partial charge on any atom is -0.444 e. The SMILES string of the molecule is CCCC(NC(=O)[C@@H]1[C@@H]2C(CN1C(=O)[C@@H](NC(=O)OC(C)(C)C)C1CCCCC1)C2(Cl)Cl)C(=O)C(N)=O. The normalized spacial score (nSPS) is 26.4. The van der Waals surface area contributed by atoms with Gasteiger partial charge < -0.3 is 26.0 Å². The third kappa shape index (κ3) is 6.69. The Labute approximate surface area is 227 Å². The molecule has 0 aromatic carbocycles. The first-order valence-electron chi connectivity index (χ1n) is 13.0. The van der Waals surface area contributed by atoms with Gasteiger partial charge in [-0.2, -0.15) is 0 Å². The number of piperidine rings is 1. The molecule has 0 aromatic heterocycles. The summed E-state index contributed by atoms with van der Waals surface area (Å²) in [6.45, 7) is 7.14. The Morgan fingerprint density at radius 1 is 1.08 bits per heavy atom. The molecule has 2 unspecified atom stereocenters. The van der Waals surface area contributed by atoms with E-state index in [0.717, 1.165) is 32.1 Å². The maximum absolute atomic E-state index is 13.9. The first kappa shape index (κ1) is 29.5. The molecule has 0 aromatic rings. The van der Waals surface area contributed by atoms with Crippen LogP contribution in [0.1, 0.15) is 72.6 Å². The molecule has 12 heteroatoms. The van der Waals surface area contributed by atoms with E-state index in [2.05, 4.69) is 10.6 Å². The predicted octanol–water partition coefficient (Wildman–Crippen LogP) is 2.43. The fraction of sp³-hybridized carbons (Fsp3) is 0.800. The monoisotopic (exact) mass is 560 g/mol. The summed E-state index contributed by atoms with van der Waals surface area (Å²) < 4.78 is 4.23. The molecule has 0 radical (unpaired) electrons. The van der Waals surface area contributed by atoms with Gasteiger partial charge in [-0.25, -0.2) is 4.79 Å². The Kier molecular flexibility index (Phi) is 9.05. The van der Waals surface area contributed by atoms with Crippen LogP contribution in [-0.4, -0.2) is 69.1 Å². The van der Waals surface area contributed by atoms with Gasteiger partial charge in [0, 0.05) is 18.4 Å². The van der Waals surface area contributed by atoms with Crippen molar-refractivity contribution in [1.29, 1.82) is 0 Å². The molecular weight excluding hydrogens is 523 g/mol. The maximum Gasteiger partial charge on any atom is 0.408 e. The lowest BCUT2D eigenvalue weighted by Crippen LogP contribution is -2.59. The lowest BCUT2D eigenvalue weighted by atomic mass is 9.83. The van der Waals surface area contributed by atoms with Gasteiger partial charge in [-0.15, -0.1) is 23.2 Å². The van der Waals surface area contributed by atoms with E-state index in [-0.39, 0.29) is 24.8 Å². The number of hydrogen-bond donors (Lipinski definition) is 3. The zero-order chi connectivity index (χ0) is 27.7. The number of amides is 4. The molecule has 1 saturated heterocycles. The zero-order valence-corrected chi connectivity index (χ0v) is 23.4. The number of likely N-dealkylation sites (tertiary alicyclic amines) is 1. The van der Waals surface area contributed by atoms with Crippen molar-refractivity contribution in [2.45, 2.75) is 101 Å². The van der Waals surface area contributed by atoms with Crippen LogP contribution in [0.15, 0.2) is 0 Å². The van der Waals surface area contributed by atoms with Crippen molar-refractivity contribution < 1.29 is 28.7 Å². The van der Waals surface area contributed by atoms with Gasteiger partial charge in [0.05, 0.1) is 6.04 Å². The molecule has 0 spiro atoms. The summed E-state index contributed by atoms with van der Waals surface area (Å²) in [4.78, 5) is 65.3. The molecule has 4 amide bonds. The highest BCUT2D eigenvalue weighted by molar-refractivity contribution is 6.51. The zero-order valence-electron chi connectivity index (χ0n) is 21.9. The van der Waals surface area contributed by atoms with Gasteiger partial charge in [0.25, 0.3) is 5.91 Å². The quantitative estimate of drug-likeness (QED) is 0.291. The van der Waals surface area contributed by atoms with E-state index in [1.807, 2.05) is 0 Å². The summed E-state index contributed by atoms with van der Waals surface area (Å²) in [5.41, 5.74) is 4.41. The number of ether oxygens (including phenoxy) is 1.